The predicted molar refractivity (Wildman–Crippen MR) is 112 cm³/mol. The van der Waals surface area contributed by atoms with Crippen LogP contribution in [-0.4, -0.2) is 22.5 Å². The van der Waals surface area contributed by atoms with Crippen molar-refractivity contribution in [1.82, 2.24) is 4.98 Å². The molecule has 0 saturated heterocycles. The number of hydrogen-bond acceptors (Lipinski definition) is 6. The summed E-state index contributed by atoms with van der Waals surface area (Å²) in [6.45, 7) is -0.310. The number of aromatic nitrogens is 1. The summed E-state index contributed by atoms with van der Waals surface area (Å²) in [5, 5.41) is 20.4. The molecule has 0 spiro atoms. The lowest BCUT2D eigenvalue weighted by Crippen LogP contribution is -2.15. The van der Waals surface area contributed by atoms with Gasteiger partial charge in [-0.25, -0.2) is 9.78 Å². The summed E-state index contributed by atoms with van der Waals surface area (Å²) >= 11 is 0. The van der Waals surface area contributed by atoms with Crippen molar-refractivity contribution >= 4 is 34.2 Å². The topological polar surface area (TPSA) is 106 Å². The maximum absolute atomic E-state index is 12.8. The zero-order valence-electron chi connectivity index (χ0n) is 16.0. The lowest BCUT2D eigenvalue weighted by atomic mass is 9.86. The zero-order valence-corrected chi connectivity index (χ0v) is 16.0. The molecule has 7 heteroatoms. The highest BCUT2D eigenvalue weighted by Gasteiger charge is 2.26. The van der Waals surface area contributed by atoms with Crippen LogP contribution in [-0.2, 0) is 11.2 Å². The molecule has 0 atom stereocenters. The van der Waals surface area contributed by atoms with Crippen LogP contribution in [0.25, 0.3) is 22.6 Å². The number of allylic oxidation sites excluding steroid dienone is 1. The lowest BCUT2D eigenvalue weighted by molar-refractivity contribution is -0.384. The fraction of sp³-hybridized carbons (Fsp3) is 0.174. The van der Waals surface area contributed by atoms with Gasteiger partial charge in [0, 0.05) is 17.5 Å². The number of hydrogen-bond donors (Lipinski definition) is 0. The first-order valence-electron chi connectivity index (χ1n) is 9.49. The number of fused-ring (bicyclic) bond motifs is 2. The van der Waals surface area contributed by atoms with Crippen LogP contribution in [0.15, 0.2) is 48.5 Å². The molecule has 0 N–H and O–H groups in total. The molecule has 7 nitrogen and oxygen atoms in total. The van der Waals surface area contributed by atoms with E-state index in [1.54, 1.807) is 12.1 Å². The summed E-state index contributed by atoms with van der Waals surface area (Å²) in [6, 6.07) is 15.5. The fourth-order valence-corrected chi connectivity index (χ4v) is 3.77. The van der Waals surface area contributed by atoms with Gasteiger partial charge < -0.3 is 4.74 Å². The van der Waals surface area contributed by atoms with Crippen LogP contribution in [0, 0.1) is 21.4 Å². The van der Waals surface area contributed by atoms with Crippen LogP contribution in [0.5, 0.6) is 0 Å². The second-order valence-electron chi connectivity index (χ2n) is 6.94. The average molecular weight is 399 g/mol. The van der Waals surface area contributed by atoms with E-state index in [1.165, 1.54) is 12.1 Å². The molecule has 3 aromatic rings. The summed E-state index contributed by atoms with van der Waals surface area (Å²) in [4.78, 5) is 28.0. The Bertz CT molecular complexity index is 1220. The largest absolute Gasteiger partial charge is 0.447 e. The number of carbonyl (C=O) groups is 1. The summed E-state index contributed by atoms with van der Waals surface area (Å²) < 4.78 is 5.13. The molecule has 2 aromatic carbocycles. The van der Waals surface area contributed by atoms with E-state index in [2.05, 4.69) is 0 Å². The molecule has 0 amide bonds. The van der Waals surface area contributed by atoms with Crippen LogP contribution >= 0.6 is 0 Å². The van der Waals surface area contributed by atoms with Gasteiger partial charge in [0.05, 0.1) is 21.7 Å². The SMILES string of the molecule is N#CCOC(=O)c1c2c(nc3ccccc13)/C(=C\c1ccc([N+](=O)[O-])cc1)CCC2. The Kier molecular flexibility index (Phi) is 5.22. The summed E-state index contributed by atoms with van der Waals surface area (Å²) in [6.07, 6.45) is 4.25. The van der Waals surface area contributed by atoms with Gasteiger partial charge in [-0.15, -0.1) is 0 Å². The van der Waals surface area contributed by atoms with Crippen molar-refractivity contribution in [3.8, 4) is 6.07 Å². The number of ether oxygens (including phenoxy) is 1. The standard InChI is InChI=1S/C23H17N3O4/c24-12-13-30-23(27)21-18-5-1-2-7-20(18)25-22-16(4-3-6-19(21)22)14-15-8-10-17(11-9-15)26(28)29/h1-2,5,7-11,14H,3-4,6,13H2/b16-14-. The maximum Gasteiger partial charge on any atom is 0.340 e. The van der Waals surface area contributed by atoms with Gasteiger partial charge in [0.15, 0.2) is 6.61 Å². The number of nitriles is 1. The molecule has 0 aliphatic heterocycles. The smallest absolute Gasteiger partial charge is 0.340 e. The Morgan fingerprint density at radius 1 is 1.20 bits per heavy atom. The van der Waals surface area contributed by atoms with Crippen molar-refractivity contribution in [3.63, 3.8) is 0 Å². The van der Waals surface area contributed by atoms with Gasteiger partial charge in [-0.1, -0.05) is 18.2 Å². The minimum Gasteiger partial charge on any atom is -0.447 e. The minimum absolute atomic E-state index is 0.0350. The van der Waals surface area contributed by atoms with Crippen LogP contribution in [0.3, 0.4) is 0 Å². The highest BCUT2D eigenvalue weighted by atomic mass is 16.6. The van der Waals surface area contributed by atoms with Crippen molar-refractivity contribution in [2.75, 3.05) is 6.61 Å². The fourth-order valence-electron chi connectivity index (χ4n) is 3.77. The van der Waals surface area contributed by atoms with Gasteiger partial charge in [-0.3, -0.25) is 10.1 Å². The van der Waals surface area contributed by atoms with E-state index in [-0.39, 0.29) is 12.3 Å². The average Bonchev–Trinajstić information content (AvgIpc) is 2.76. The summed E-state index contributed by atoms with van der Waals surface area (Å²) in [7, 11) is 0. The third-order valence-electron chi connectivity index (χ3n) is 5.09. The van der Waals surface area contributed by atoms with Gasteiger partial charge in [0.2, 0.25) is 0 Å². The number of nitrogens with zero attached hydrogens (tertiary/aromatic N) is 3. The molecular weight excluding hydrogens is 382 g/mol. The van der Waals surface area contributed by atoms with Gasteiger partial charge in [0.1, 0.15) is 6.07 Å². The highest BCUT2D eigenvalue weighted by molar-refractivity contribution is 6.06. The van der Waals surface area contributed by atoms with E-state index < -0.39 is 10.9 Å². The quantitative estimate of drug-likeness (QED) is 0.358. The molecule has 0 saturated carbocycles. The van der Waals surface area contributed by atoms with Crippen molar-refractivity contribution in [2.45, 2.75) is 19.3 Å². The molecule has 1 heterocycles. The predicted octanol–water partition coefficient (Wildman–Crippen LogP) is 4.70. The van der Waals surface area contributed by atoms with E-state index in [4.69, 9.17) is 15.0 Å². The normalized spacial score (nSPS) is 14.2. The number of nitro groups is 1. The molecular formula is C23H17N3O4. The first-order chi connectivity index (χ1) is 14.6. The molecule has 0 radical (unpaired) electrons. The maximum atomic E-state index is 12.8. The molecule has 30 heavy (non-hydrogen) atoms. The van der Waals surface area contributed by atoms with Crippen LogP contribution in [0.4, 0.5) is 5.69 Å². The number of nitro benzene ring substituents is 1. The number of para-hydroxylation sites is 1. The Balaban J connectivity index is 1.85. The van der Waals surface area contributed by atoms with E-state index >= 15 is 0 Å². The lowest BCUT2D eigenvalue weighted by Gasteiger charge is -2.22. The van der Waals surface area contributed by atoms with Gasteiger partial charge in [-0.05, 0) is 60.2 Å². The van der Waals surface area contributed by atoms with Gasteiger partial charge in [0.25, 0.3) is 5.69 Å². The number of benzene rings is 2. The molecule has 1 aliphatic rings. The summed E-state index contributed by atoms with van der Waals surface area (Å²) in [5.74, 6) is -0.525. The third-order valence-corrected chi connectivity index (χ3v) is 5.09. The third kappa shape index (κ3) is 3.63. The molecule has 0 bridgehead atoms. The zero-order chi connectivity index (χ0) is 21.1. The number of rotatable bonds is 4. The van der Waals surface area contributed by atoms with E-state index in [0.29, 0.717) is 22.9 Å². The molecule has 0 fully saturated rings. The Hall–Kier alpha value is -4.05. The minimum atomic E-state index is -0.525. The Morgan fingerprint density at radius 2 is 1.97 bits per heavy atom. The number of non-ortho nitro benzene ring substituents is 1. The van der Waals surface area contributed by atoms with Crippen molar-refractivity contribution in [3.05, 3.63) is 81.0 Å². The molecule has 0 unspecified atom stereocenters. The molecule has 1 aliphatic carbocycles. The molecule has 148 valence electrons. The highest BCUT2D eigenvalue weighted by Crippen LogP contribution is 2.36. The van der Waals surface area contributed by atoms with E-state index in [1.807, 2.05) is 36.4 Å². The van der Waals surface area contributed by atoms with Crippen LogP contribution < -0.4 is 0 Å². The Morgan fingerprint density at radius 3 is 2.70 bits per heavy atom. The first-order valence-corrected chi connectivity index (χ1v) is 9.49. The second-order valence-corrected chi connectivity index (χ2v) is 6.94. The number of carbonyl (C=O) groups excluding carboxylic acids is 1. The van der Waals surface area contributed by atoms with Gasteiger partial charge >= 0.3 is 5.97 Å². The second kappa shape index (κ2) is 8.13. The summed E-state index contributed by atoms with van der Waals surface area (Å²) in [5.41, 5.74) is 4.51. The van der Waals surface area contributed by atoms with Crippen molar-refractivity contribution < 1.29 is 14.5 Å². The van der Waals surface area contributed by atoms with E-state index in [0.717, 1.165) is 35.2 Å². The van der Waals surface area contributed by atoms with Crippen LogP contribution in [0.1, 0.15) is 40.0 Å². The molecule has 4 rings (SSSR count). The first kappa shape index (κ1) is 19.3. The van der Waals surface area contributed by atoms with Crippen molar-refractivity contribution in [1.29, 1.82) is 5.26 Å². The number of pyridine rings is 1. The van der Waals surface area contributed by atoms with Crippen LogP contribution in [0.2, 0.25) is 0 Å². The number of esters is 1. The Labute approximate surface area is 172 Å². The van der Waals surface area contributed by atoms with Crippen molar-refractivity contribution in [2.24, 2.45) is 0 Å². The van der Waals surface area contributed by atoms with Gasteiger partial charge in [-0.2, -0.15) is 5.26 Å². The monoisotopic (exact) mass is 399 g/mol. The van der Waals surface area contributed by atoms with E-state index in [9.17, 15) is 14.9 Å². The molecule has 1 aromatic heterocycles.